The van der Waals surface area contributed by atoms with E-state index < -0.39 is 0 Å². The number of aromatic nitrogens is 2. The zero-order valence-electron chi connectivity index (χ0n) is 18.6. The first kappa shape index (κ1) is 23.3. The lowest BCUT2D eigenvalue weighted by atomic mass is 10.1. The SMILES string of the molecule is CCc1ccccc1NC(=O)CNC(=O)CSc1nc2ccccc2c(=O)n1Cc1ccco1. The molecule has 0 spiro atoms. The second-order valence-corrected chi connectivity index (χ2v) is 8.45. The molecule has 0 fully saturated rings. The Kier molecular flexibility index (Phi) is 7.44. The summed E-state index contributed by atoms with van der Waals surface area (Å²) in [6.45, 7) is 2.06. The van der Waals surface area contributed by atoms with E-state index in [1.807, 2.05) is 37.3 Å². The van der Waals surface area contributed by atoms with Crippen LogP contribution in [0.2, 0.25) is 0 Å². The van der Waals surface area contributed by atoms with Crippen LogP contribution in [-0.2, 0) is 22.6 Å². The van der Waals surface area contributed by atoms with Crippen LogP contribution >= 0.6 is 11.8 Å². The summed E-state index contributed by atoms with van der Waals surface area (Å²) in [6, 6.07) is 18.1. The van der Waals surface area contributed by atoms with E-state index in [2.05, 4.69) is 15.6 Å². The first-order valence-corrected chi connectivity index (χ1v) is 11.8. The molecular formula is C25H24N4O4S. The van der Waals surface area contributed by atoms with Crippen LogP contribution in [0.1, 0.15) is 18.2 Å². The van der Waals surface area contributed by atoms with E-state index in [4.69, 9.17) is 4.42 Å². The van der Waals surface area contributed by atoms with E-state index in [9.17, 15) is 14.4 Å². The second-order valence-electron chi connectivity index (χ2n) is 7.51. The molecule has 0 bridgehead atoms. The van der Waals surface area contributed by atoms with Crippen molar-refractivity contribution in [2.75, 3.05) is 17.6 Å². The Hall–Kier alpha value is -3.85. The van der Waals surface area contributed by atoms with Crippen LogP contribution in [0, 0.1) is 0 Å². The Morgan fingerprint density at radius 3 is 2.62 bits per heavy atom. The third kappa shape index (κ3) is 5.55. The predicted octanol–water partition coefficient (Wildman–Crippen LogP) is 3.45. The van der Waals surface area contributed by atoms with E-state index in [0.717, 1.165) is 29.4 Å². The maximum Gasteiger partial charge on any atom is 0.262 e. The lowest BCUT2D eigenvalue weighted by Crippen LogP contribution is -2.34. The number of aryl methyl sites for hydroxylation is 1. The predicted molar refractivity (Wildman–Crippen MR) is 132 cm³/mol. The molecule has 9 heteroatoms. The van der Waals surface area contributed by atoms with Crippen LogP contribution in [0.4, 0.5) is 5.69 Å². The number of carbonyl (C=O) groups excluding carboxylic acids is 2. The topological polar surface area (TPSA) is 106 Å². The van der Waals surface area contributed by atoms with Crippen molar-refractivity contribution in [1.29, 1.82) is 0 Å². The third-order valence-corrected chi connectivity index (χ3v) is 6.15. The molecule has 2 aromatic heterocycles. The minimum absolute atomic E-state index is 0.00175. The number of nitrogens with one attached hydrogen (secondary N) is 2. The first-order chi connectivity index (χ1) is 16.5. The van der Waals surface area contributed by atoms with Gasteiger partial charge in [-0.3, -0.25) is 19.0 Å². The molecule has 0 atom stereocenters. The summed E-state index contributed by atoms with van der Waals surface area (Å²) >= 11 is 1.13. The van der Waals surface area contributed by atoms with Gasteiger partial charge in [0.15, 0.2) is 5.16 Å². The van der Waals surface area contributed by atoms with Gasteiger partial charge in [-0.2, -0.15) is 0 Å². The average Bonchev–Trinajstić information content (AvgIpc) is 3.37. The summed E-state index contributed by atoms with van der Waals surface area (Å²) in [4.78, 5) is 42.4. The van der Waals surface area contributed by atoms with Crippen molar-refractivity contribution < 1.29 is 14.0 Å². The number of fused-ring (bicyclic) bond motifs is 1. The Bertz CT molecular complexity index is 1370. The van der Waals surface area contributed by atoms with Gasteiger partial charge in [0.05, 0.1) is 36.0 Å². The average molecular weight is 477 g/mol. The van der Waals surface area contributed by atoms with Gasteiger partial charge < -0.3 is 15.1 Å². The van der Waals surface area contributed by atoms with Crippen molar-refractivity contribution in [3.63, 3.8) is 0 Å². The number of hydrogen-bond donors (Lipinski definition) is 2. The quantitative estimate of drug-likeness (QED) is 0.283. The van der Waals surface area contributed by atoms with E-state index in [1.54, 1.807) is 36.6 Å². The van der Waals surface area contributed by atoms with Crippen molar-refractivity contribution in [2.24, 2.45) is 0 Å². The number of benzene rings is 2. The van der Waals surface area contributed by atoms with E-state index in [0.29, 0.717) is 21.8 Å². The molecule has 0 aliphatic rings. The molecule has 0 aliphatic carbocycles. The highest BCUT2D eigenvalue weighted by atomic mass is 32.2. The molecule has 0 radical (unpaired) electrons. The van der Waals surface area contributed by atoms with Crippen molar-refractivity contribution in [1.82, 2.24) is 14.9 Å². The van der Waals surface area contributed by atoms with Crippen molar-refractivity contribution in [3.05, 3.63) is 88.6 Å². The normalized spacial score (nSPS) is 10.9. The molecule has 2 N–H and O–H groups in total. The molecular weight excluding hydrogens is 452 g/mol. The fourth-order valence-corrected chi connectivity index (χ4v) is 4.29. The minimum atomic E-state index is -0.337. The fraction of sp³-hybridized carbons (Fsp3) is 0.200. The molecule has 2 heterocycles. The maximum atomic E-state index is 13.1. The first-order valence-electron chi connectivity index (χ1n) is 10.8. The van der Waals surface area contributed by atoms with Crippen LogP contribution in [0.3, 0.4) is 0 Å². The number of amides is 2. The number of furan rings is 1. The summed E-state index contributed by atoms with van der Waals surface area (Å²) in [5, 5.41) is 6.34. The fourth-order valence-electron chi connectivity index (χ4n) is 3.46. The van der Waals surface area contributed by atoms with Gasteiger partial charge in [0.1, 0.15) is 5.76 Å². The molecule has 34 heavy (non-hydrogen) atoms. The van der Waals surface area contributed by atoms with E-state index in [1.165, 1.54) is 4.57 Å². The number of rotatable bonds is 9. The van der Waals surface area contributed by atoms with Gasteiger partial charge in [-0.15, -0.1) is 0 Å². The van der Waals surface area contributed by atoms with Gasteiger partial charge in [0.25, 0.3) is 5.56 Å². The Morgan fingerprint density at radius 2 is 1.82 bits per heavy atom. The van der Waals surface area contributed by atoms with Crippen molar-refractivity contribution in [2.45, 2.75) is 25.0 Å². The van der Waals surface area contributed by atoms with E-state index >= 15 is 0 Å². The van der Waals surface area contributed by atoms with Crippen molar-refractivity contribution >= 4 is 40.2 Å². The van der Waals surface area contributed by atoms with Gasteiger partial charge in [0, 0.05) is 5.69 Å². The molecule has 174 valence electrons. The van der Waals surface area contributed by atoms with Crippen LogP contribution in [0.25, 0.3) is 10.9 Å². The lowest BCUT2D eigenvalue weighted by Gasteiger charge is -2.12. The van der Waals surface area contributed by atoms with Crippen LogP contribution in [-0.4, -0.2) is 33.7 Å². The van der Waals surface area contributed by atoms with Crippen LogP contribution in [0.5, 0.6) is 0 Å². The highest BCUT2D eigenvalue weighted by Crippen LogP contribution is 2.19. The zero-order valence-corrected chi connectivity index (χ0v) is 19.4. The van der Waals surface area contributed by atoms with Crippen molar-refractivity contribution in [3.8, 4) is 0 Å². The summed E-state index contributed by atoms with van der Waals surface area (Å²) in [7, 11) is 0. The third-order valence-electron chi connectivity index (χ3n) is 5.17. The number of nitrogens with zero attached hydrogens (tertiary/aromatic N) is 2. The molecule has 0 aliphatic heterocycles. The molecule has 0 saturated carbocycles. The standard InChI is InChI=1S/C25H24N4O4S/c1-2-17-8-3-5-11-20(17)27-22(30)14-26-23(31)16-34-25-28-21-12-6-4-10-19(21)24(32)29(25)15-18-9-7-13-33-18/h3-13H,2,14-16H2,1H3,(H,26,31)(H,27,30). The minimum Gasteiger partial charge on any atom is -0.467 e. The molecule has 2 amide bonds. The van der Waals surface area contributed by atoms with Crippen LogP contribution < -0.4 is 16.2 Å². The molecule has 2 aromatic carbocycles. The van der Waals surface area contributed by atoms with Gasteiger partial charge in [-0.1, -0.05) is 49.0 Å². The number of carbonyl (C=O) groups is 2. The molecule has 4 rings (SSSR count). The molecule has 4 aromatic rings. The molecule has 0 saturated heterocycles. The second kappa shape index (κ2) is 10.8. The monoisotopic (exact) mass is 476 g/mol. The van der Waals surface area contributed by atoms with Gasteiger partial charge in [-0.05, 0) is 42.3 Å². The summed E-state index contributed by atoms with van der Waals surface area (Å²) in [6.07, 6.45) is 2.33. The van der Waals surface area contributed by atoms with Gasteiger partial charge in [-0.25, -0.2) is 4.98 Å². The summed E-state index contributed by atoms with van der Waals surface area (Å²) < 4.78 is 6.89. The number of para-hydroxylation sites is 2. The number of hydrogen-bond acceptors (Lipinski definition) is 6. The zero-order chi connectivity index (χ0) is 23.9. The Labute approximate surface area is 200 Å². The summed E-state index contributed by atoms with van der Waals surface area (Å²) in [5.41, 5.74) is 2.11. The van der Waals surface area contributed by atoms with Crippen LogP contribution in [0.15, 0.2) is 81.3 Å². The number of anilines is 1. The Morgan fingerprint density at radius 1 is 1.03 bits per heavy atom. The summed E-state index contributed by atoms with van der Waals surface area (Å²) in [5.74, 6) is -0.0370. The molecule has 8 nitrogen and oxygen atoms in total. The van der Waals surface area contributed by atoms with E-state index in [-0.39, 0.29) is 36.2 Å². The highest BCUT2D eigenvalue weighted by molar-refractivity contribution is 7.99. The largest absolute Gasteiger partial charge is 0.467 e. The smallest absolute Gasteiger partial charge is 0.262 e. The lowest BCUT2D eigenvalue weighted by molar-refractivity contribution is -0.122. The maximum absolute atomic E-state index is 13.1. The highest BCUT2D eigenvalue weighted by Gasteiger charge is 2.15. The van der Waals surface area contributed by atoms with Gasteiger partial charge >= 0.3 is 0 Å². The number of thioether (sulfide) groups is 1. The molecule has 0 unspecified atom stereocenters. The Balaban J connectivity index is 1.41. The van der Waals surface area contributed by atoms with Gasteiger partial charge in [0.2, 0.25) is 11.8 Å².